The van der Waals surface area contributed by atoms with Crippen LogP contribution in [0.2, 0.25) is 0 Å². The molecule has 0 unspecified atom stereocenters. The lowest BCUT2D eigenvalue weighted by molar-refractivity contribution is 0.417. The molecule has 1 aromatic heterocycles. The van der Waals surface area contributed by atoms with Crippen molar-refractivity contribution in [3.05, 3.63) is 36.4 Å². The molecule has 2 N–H and O–H groups in total. The van der Waals surface area contributed by atoms with Crippen molar-refractivity contribution in [1.29, 1.82) is 0 Å². The number of anilines is 1. The van der Waals surface area contributed by atoms with Gasteiger partial charge in [-0.3, -0.25) is 0 Å². The molecular weight excluding hydrogens is 190 g/mol. The van der Waals surface area contributed by atoms with Crippen LogP contribution < -0.4 is 10.5 Å². The van der Waals surface area contributed by atoms with Crippen LogP contribution in [0.4, 0.5) is 5.69 Å². The fourth-order valence-electron chi connectivity index (χ4n) is 1.42. The third-order valence-electron chi connectivity index (χ3n) is 2.23. The predicted octanol–water partition coefficient (Wildman–Crippen LogP) is 1.77. The molecule has 4 nitrogen and oxygen atoms in total. The molecule has 2 rings (SSSR count). The molecule has 0 bridgehead atoms. The van der Waals surface area contributed by atoms with Crippen LogP contribution in [-0.4, -0.2) is 16.7 Å². The molecule has 0 amide bonds. The third-order valence-corrected chi connectivity index (χ3v) is 2.23. The van der Waals surface area contributed by atoms with Gasteiger partial charge in [0.25, 0.3) is 0 Å². The summed E-state index contributed by atoms with van der Waals surface area (Å²) >= 11 is 0. The Kier molecular flexibility index (Phi) is 2.33. The molecule has 2 aromatic rings. The van der Waals surface area contributed by atoms with Gasteiger partial charge in [-0.1, -0.05) is 0 Å². The van der Waals surface area contributed by atoms with E-state index < -0.39 is 0 Å². The van der Waals surface area contributed by atoms with E-state index in [1.165, 1.54) is 0 Å². The minimum atomic E-state index is 0.637. The van der Waals surface area contributed by atoms with Gasteiger partial charge in [-0.2, -0.15) is 0 Å². The second-order valence-corrected chi connectivity index (χ2v) is 3.35. The summed E-state index contributed by atoms with van der Waals surface area (Å²) in [4.78, 5) is 4.16. The van der Waals surface area contributed by atoms with Crippen molar-refractivity contribution in [1.82, 2.24) is 9.55 Å². The van der Waals surface area contributed by atoms with Crippen molar-refractivity contribution in [3.63, 3.8) is 0 Å². The number of hydrogen-bond donors (Lipinski definition) is 1. The van der Waals surface area contributed by atoms with Crippen molar-refractivity contribution >= 4 is 5.69 Å². The number of nitrogens with zero attached hydrogens (tertiary/aromatic N) is 2. The number of ether oxygens (including phenoxy) is 1. The predicted molar refractivity (Wildman–Crippen MR) is 59.3 cm³/mol. The first kappa shape index (κ1) is 9.58. The molecule has 0 saturated carbocycles. The molecule has 1 heterocycles. The van der Waals surface area contributed by atoms with Gasteiger partial charge in [0.1, 0.15) is 5.75 Å². The molecule has 0 aliphatic heterocycles. The highest BCUT2D eigenvalue weighted by Gasteiger charge is 2.02. The molecule has 0 saturated heterocycles. The van der Waals surface area contributed by atoms with Crippen molar-refractivity contribution in [2.75, 3.05) is 12.8 Å². The Bertz CT molecular complexity index is 476. The lowest BCUT2D eigenvalue weighted by Crippen LogP contribution is -1.95. The van der Waals surface area contributed by atoms with Gasteiger partial charge in [-0.25, -0.2) is 4.98 Å². The summed E-state index contributed by atoms with van der Waals surface area (Å²) in [6, 6.07) is 5.64. The molecule has 78 valence electrons. The lowest BCUT2D eigenvalue weighted by Gasteiger charge is -2.07. The van der Waals surface area contributed by atoms with E-state index in [1.54, 1.807) is 13.4 Å². The van der Waals surface area contributed by atoms with Crippen molar-refractivity contribution in [2.45, 2.75) is 6.92 Å². The lowest BCUT2D eigenvalue weighted by atomic mass is 10.2. The molecule has 0 fully saturated rings. The molecule has 15 heavy (non-hydrogen) atoms. The van der Waals surface area contributed by atoms with E-state index in [0.717, 1.165) is 11.4 Å². The molecule has 0 radical (unpaired) electrons. The van der Waals surface area contributed by atoms with Crippen molar-refractivity contribution in [2.24, 2.45) is 0 Å². The molecule has 4 heteroatoms. The van der Waals surface area contributed by atoms with Gasteiger partial charge in [0.15, 0.2) is 0 Å². The quantitative estimate of drug-likeness (QED) is 0.757. The Morgan fingerprint density at radius 1 is 1.40 bits per heavy atom. The summed E-state index contributed by atoms with van der Waals surface area (Å²) in [5.41, 5.74) is 8.34. The standard InChI is InChI=1S/C11H13N3O/c1-8-6-14(7-13-8)9-3-4-10(12)11(5-9)15-2/h3-7H,12H2,1-2H3. The number of nitrogen functional groups attached to an aromatic ring is 1. The van der Waals surface area contributed by atoms with E-state index in [0.29, 0.717) is 11.4 Å². The zero-order chi connectivity index (χ0) is 10.8. The molecule has 0 aliphatic carbocycles. The van der Waals surface area contributed by atoms with Gasteiger partial charge < -0.3 is 15.0 Å². The largest absolute Gasteiger partial charge is 0.495 e. The highest BCUT2D eigenvalue weighted by molar-refractivity contribution is 5.57. The van der Waals surface area contributed by atoms with Crippen LogP contribution in [0.25, 0.3) is 5.69 Å². The smallest absolute Gasteiger partial charge is 0.143 e. The number of methoxy groups -OCH3 is 1. The van der Waals surface area contributed by atoms with Gasteiger partial charge in [0, 0.05) is 12.3 Å². The van der Waals surface area contributed by atoms with E-state index in [9.17, 15) is 0 Å². The van der Waals surface area contributed by atoms with Crippen LogP contribution >= 0.6 is 0 Å². The molecule has 0 atom stereocenters. The van der Waals surface area contributed by atoms with Crippen LogP contribution in [0.1, 0.15) is 5.69 Å². The van der Waals surface area contributed by atoms with Crippen LogP contribution in [0.15, 0.2) is 30.7 Å². The van der Waals surface area contributed by atoms with Gasteiger partial charge in [-0.05, 0) is 19.1 Å². The third kappa shape index (κ3) is 1.79. The first-order valence-corrected chi connectivity index (χ1v) is 4.65. The second kappa shape index (κ2) is 3.65. The molecular formula is C11H13N3O. The van der Waals surface area contributed by atoms with Crippen molar-refractivity contribution < 1.29 is 4.74 Å². The Morgan fingerprint density at radius 2 is 2.20 bits per heavy atom. The van der Waals surface area contributed by atoms with Gasteiger partial charge >= 0.3 is 0 Å². The Morgan fingerprint density at radius 3 is 2.80 bits per heavy atom. The number of aromatic nitrogens is 2. The minimum Gasteiger partial charge on any atom is -0.495 e. The maximum Gasteiger partial charge on any atom is 0.143 e. The minimum absolute atomic E-state index is 0.637. The number of benzene rings is 1. The summed E-state index contributed by atoms with van der Waals surface area (Å²) in [5.74, 6) is 0.679. The normalized spacial score (nSPS) is 10.3. The van der Waals surface area contributed by atoms with E-state index in [1.807, 2.05) is 35.9 Å². The molecule has 0 aliphatic rings. The number of hydrogen-bond acceptors (Lipinski definition) is 3. The summed E-state index contributed by atoms with van der Waals surface area (Å²) in [7, 11) is 1.61. The average molecular weight is 203 g/mol. The number of imidazole rings is 1. The number of aryl methyl sites for hydroxylation is 1. The average Bonchev–Trinajstić information content (AvgIpc) is 2.66. The highest BCUT2D eigenvalue weighted by atomic mass is 16.5. The van der Waals surface area contributed by atoms with Gasteiger partial charge in [-0.15, -0.1) is 0 Å². The zero-order valence-corrected chi connectivity index (χ0v) is 8.77. The summed E-state index contributed by atoms with van der Waals surface area (Å²) in [5, 5.41) is 0. The van der Waals surface area contributed by atoms with E-state index >= 15 is 0 Å². The maximum absolute atomic E-state index is 5.73. The Hall–Kier alpha value is -1.97. The summed E-state index contributed by atoms with van der Waals surface area (Å²) in [6.45, 7) is 1.95. The molecule has 0 spiro atoms. The summed E-state index contributed by atoms with van der Waals surface area (Å²) < 4.78 is 7.08. The second-order valence-electron chi connectivity index (χ2n) is 3.35. The van der Waals surface area contributed by atoms with Crippen LogP contribution in [0.5, 0.6) is 5.75 Å². The fraction of sp³-hybridized carbons (Fsp3) is 0.182. The first-order valence-electron chi connectivity index (χ1n) is 4.65. The summed E-state index contributed by atoms with van der Waals surface area (Å²) in [6.07, 6.45) is 3.71. The van der Waals surface area contributed by atoms with Crippen LogP contribution in [0, 0.1) is 6.92 Å². The SMILES string of the molecule is COc1cc(-n2cnc(C)c2)ccc1N. The van der Waals surface area contributed by atoms with E-state index in [-0.39, 0.29) is 0 Å². The highest BCUT2D eigenvalue weighted by Crippen LogP contribution is 2.24. The monoisotopic (exact) mass is 203 g/mol. The number of rotatable bonds is 2. The van der Waals surface area contributed by atoms with Gasteiger partial charge in [0.2, 0.25) is 0 Å². The molecule has 1 aromatic carbocycles. The van der Waals surface area contributed by atoms with Crippen LogP contribution in [-0.2, 0) is 0 Å². The maximum atomic E-state index is 5.73. The van der Waals surface area contributed by atoms with E-state index in [4.69, 9.17) is 10.5 Å². The first-order chi connectivity index (χ1) is 7.20. The zero-order valence-electron chi connectivity index (χ0n) is 8.77. The Labute approximate surface area is 88.3 Å². The Balaban J connectivity index is 2.45. The number of nitrogens with two attached hydrogens (primary N) is 1. The fourth-order valence-corrected chi connectivity index (χ4v) is 1.42. The topological polar surface area (TPSA) is 53.1 Å². The van der Waals surface area contributed by atoms with E-state index in [2.05, 4.69) is 4.98 Å². The van der Waals surface area contributed by atoms with Crippen molar-refractivity contribution in [3.8, 4) is 11.4 Å². The van der Waals surface area contributed by atoms with Gasteiger partial charge in [0.05, 0.1) is 30.5 Å². The van der Waals surface area contributed by atoms with Crippen LogP contribution in [0.3, 0.4) is 0 Å².